The second-order valence-corrected chi connectivity index (χ2v) is 6.50. The average molecular weight is 304 g/mol. The number of rotatable bonds is 0. The first kappa shape index (κ1) is 12.3. The molecular weight excluding hydrogens is 292 g/mol. The first-order valence-corrected chi connectivity index (χ1v) is 8.18. The molecule has 0 saturated carbocycles. The zero-order valence-electron chi connectivity index (χ0n) is 12.8. The quantitative estimate of drug-likeness (QED) is 0.329. The summed E-state index contributed by atoms with van der Waals surface area (Å²) in [7, 11) is 0. The van der Waals surface area contributed by atoms with Gasteiger partial charge in [-0.05, 0) is 37.7 Å². The lowest BCUT2D eigenvalue weighted by Gasteiger charge is -2.12. The molecule has 0 aliphatic rings. The van der Waals surface area contributed by atoms with Crippen LogP contribution in [0.4, 0.5) is 0 Å². The maximum Gasteiger partial charge on any atom is 0.194 e. The largest absolute Gasteiger partial charge is 0.289 e. The van der Waals surface area contributed by atoms with E-state index >= 15 is 0 Å². The van der Waals surface area contributed by atoms with E-state index in [-0.39, 0.29) is 5.43 Å². The number of hydrogen-bond acceptors (Lipinski definition) is 1. The topological polar surface area (TPSA) is 17.1 Å². The van der Waals surface area contributed by atoms with Gasteiger partial charge in [-0.25, -0.2) is 0 Å². The van der Waals surface area contributed by atoms with Crippen molar-refractivity contribution < 1.29 is 0 Å². The Labute approximate surface area is 137 Å². The molecule has 0 aromatic heterocycles. The van der Waals surface area contributed by atoms with Gasteiger partial charge in [0.15, 0.2) is 5.43 Å². The molecular formula is C23H12O. The molecule has 24 heavy (non-hydrogen) atoms. The number of fused-ring (bicyclic) bond motifs is 5. The summed E-state index contributed by atoms with van der Waals surface area (Å²) in [5.41, 5.74) is 0.152. The van der Waals surface area contributed by atoms with E-state index in [1.165, 1.54) is 26.9 Å². The van der Waals surface area contributed by atoms with Crippen molar-refractivity contribution >= 4 is 53.9 Å². The van der Waals surface area contributed by atoms with Crippen molar-refractivity contribution in [2.24, 2.45) is 0 Å². The monoisotopic (exact) mass is 304 g/mol. The Morgan fingerprint density at radius 3 is 1.62 bits per heavy atom. The van der Waals surface area contributed by atoms with Crippen molar-refractivity contribution in [1.82, 2.24) is 0 Å². The van der Waals surface area contributed by atoms with Gasteiger partial charge in [0, 0.05) is 16.2 Å². The third-order valence-electron chi connectivity index (χ3n) is 5.34. The van der Waals surface area contributed by atoms with Gasteiger partial charge in [0.25, 0.3) is 0 Å². The van der Waals surface area contributed by atoms with Crippen LogP contribution in [0.5, 0.6) is 0 Å². The Kier molecular flexibility index (Phi) is 2.05. The van der Waals surface area contributed by atoms with Crippen LogP contribution in [0.3, 0.4) is 0 Å². The summed E-state index contributed by atoms with van der Waals surface area (Å²) in [6.07, 6.45) is 0. The summed E-state index contributed by atoms with van der Waals surface area (Å²) in [5, 5.41) is 11.0. The molecule has 110 valence electrons. The van der Waals surface area contributed by atoms with Gasteiger partial charge in [0.1, 0.15) is 0 Å². The SMILES string of the molecule is O=c1c2ccccc2c2c3cccc4ccc5cccc(c12)c5c43. The minimum atomic E-state index is 0.152. The molecule has 0 fully saturated rings. The minimum absolute atomic E-state index is 0.152. The van der Waals surface area contributed by atoms with Gasteiger partial charge >= 0.3 is 0 Å². The molecule has 0 saturated heterocycles. The molecule has 0 bridgehead atoms. The molecule has 0 atom stereocenters. The van der Waals surface area contributed by atoms with E-state index in [2.05, 4.69) is 54.6 Å². The molecule has 0 aliphatic carbocycles. The number of benzene rings is 5. The number of hydrogen-bond donors (Lipinski definition) is 0. The van der Waals surface area contributed by atoms with Gasteiger partial charge in [0.2, 0.25) is 0 Å². The van der Waals surface area contributed by atoms with E-state index in [0.29, 0.717) is 0 Å². The van der Waals surface area contributed by atoms with Gasteiger partial charge < -0.3 is 0 Å². The Hall–Kier alpha value is -3.19. The van der Waals surface area contributed by atoms with Crippen LogP contribution >= 0.6 is 0 Å². The fourth-order valence-electron chi connectivity index (χ4n) is 4.39. The van der Waals surface area contributed by atoms with Crippen molar-refractivity contribution in [1.29, 1.82) is 0 Å². The first-order valence-electron chi connectivity index (χ1n) is 8.18. The summed E-state index contributed by atoms with van der Waals surface area (Å²) >= 11 is 0. The van der Waals surface area contributed by atoms with Crippen molar-refractivity contribution in [3.05, 3.63) is 83.0 Å². The molecule has 6 aromatic carbocycles. The summed E-state index contributed by atoms with van der Waals surface area (Å²) in [5.74, 6) is 0. The Morgan fingerprint density at radius 2 is 0.958 bits per heavy atom. The predicted molar refractivity (Wildman–Crippen MR) is 103 cm³/mol. The van der Waals surface area contributed by atoms with Gasteiger partial charge in [-0.3, -0.25) is 4.79 Å². The summed E-state index contributed by atoms with van der Waals surface area (Å²) in [4.78, 5) is 13.1. The van der Waals surface area contributed by atoms with Gasteiger partial charge in [-0.15, -0.1) is 0 Å². The van der Waals surface area contributed by atoms with Gasteiger partial charge in [0.05, 0.1) is 0 Å². The summed E-state index contributed by atoms with van der Waals surface area (Å²) in [6, 6.07) is 25.0. The molecule has 6 rings (SSSR count). The standard InChI is InChI=1S/C23H12O/c24-23-16-8-2-1-7-15(16)21-17-9-3-5-13-11-12-14-6-4-10-18(22(21)23)20(14)19(13)17/h1-12H. The van der Waals surface area contributed by atoms with E-state index in [4.69, 9.17) is 0 Å². The highest BCUT2D eigenvalue weighted by Gasteiger charge is 2.18. The molecule has 0 N–H and O–H groups in total. The summed E-state index contributed by atoms with van der Waals surface area (Å²) < 4.78 is 0. The van der Waals surface area contributed by atoms with Crippen molar-refractivity contribution in [2.75, 3.05) is 0 Å². The van der Waals surface area contributed by atoms with E-state index in [1.54, 1.807) is 0 Å². The highest BCUT2D eigenvalue weighted by atomic mass is 16.1. The molecule has 0 aliphatic heterocycles. The lowest BCUT2D eigenvalue weighted by atomic mass is 9.90. The second-order valence-electron chi connectivity index (χ2n) is 6.50. The van der Waals surface area contributed by atoms with Gasteiger partial charge in [-0.1, -0.05) is 72.8 Å². The molecule has 0 heterocycles. The second kappa shape index (κ2) is 4.01. The minimum Gasteiger partial charge on any atom is -0.289 e. The first-order chi connectivity index (χ1) is 11.8. The molecule has 0 amide bonds. The maximum absolute atomic E-state index is 13.1. The van der Waals surface area contributed by atoms with Crippen LogP contribution in [0.15, 0.2) is 77.6 Å². The third kappa shape index (κ3) is 1.26. The van der Waals surface area contributed by atoms with Crippen molar-refractivity contribution in [2.45, 2.75) is 0 Å². The van der Waals surface area contributed by atoms with Crippen LogP contribution < -0.4 is 5.43 Å². The zero-order valence-corrected chi connectivity index (χ0v) is 12.8. The van der Waals surface area contributed by atoms with E-state index in [1.807, 2.05) is 18.2 Å². The van der Waals surface area contributed by atoms with Crippen LogP contribution in [-0.4, -0.2) is 0 Å². The Balaban J connectivity index is 2.18. The predicted octanol–water partition coefficient (Wildman–Crippen LogP) is 5.69. The van der Waals surface area contributed by atoms with Crippen molar-refractivity contribution in [3.8, 4) is 0 Å². The normalized spacial score (nSPS) is 12.3. The Bertz CT molecular complexity index is 1460. The lowest BCUT2D eigenvalue weighted by molar-refractivity contribution is 1.80. The fourth-order valence-corrected chi connectivity index (χ4v) is 4.39. The van der Waals surface area contributed by atoms with E-state index in [9.17, 15) is 4.79 Å². The average Bonchev–Trinajstić information content (AvgIpc) is 2.94. The summed E-state index contributed by atoms with van der Waals surface area (Å²) in [6.45, 7) is 0. The van der Waals surface area contributed by atoms with Crippen LogP contribution in [0.1, 0.15) is 0 Å². The van der Waals surface area contributed by atoms with E-state index in [0.717, 1.165) is 26.9 Å². The van der Waals surface area contributed by atoms with Crippen molar-refractivity contribution in [3.63, 3.8) is 0 Å². The van der Waals surface area contributed by atoms with E-state index < -0.39 is 0 Å². The Morgan fingerprint density at radius 1 is 0.417 bits per heavy atom. The van der Waals surface area contributed by atoms with Crippen LogP contribution in [0.25, 0.3) is 53.9 Å². The highest BCUT2D eigenvalue weighted by Crippen LogP contribution is 2.42. The molecule has 6 aromatic rings. The highest BCUT2D eigenvalue weighted by molar-refractivity contribution is 6.38. The lowest BCUT2D eigenvalue weighted by Crippen LogP contribution is -1.95. The molecule has 1 nitrogen and oxygen atoms in total. The maximum atomic E-state index is 13.1. The zero-order chi connectivity index (χ0) is 15.8. The molecule has 0 unspecified atom stereocenters. The van der Waals surface area contributed by atoms with Gasteiger partial charge in [-0.2, -0.15) is 0 Å². The third-order valence-corrected chi connectivity index (χ3v) is 5.34. The fraction of sp³-hybridized carbons (Fsp3) is 0. The van der Waals surface area contributed by atoms with Crippen LogP contribution in [0.2, 0.25) is 0 Å². The smallest absolute Gasteiger partial charge is 0.194 e. The molecule has 0 radical (unpaired) electrons. The molecule has 0 spiro atoms. The van der Waals surface area contributed by atoms with Crippen LogP contribution in [-0.2, 0) is 0 Å². The van der Waals surface area contributed by atoms with Crippen LogP contribution in [0, 0.1) is 0 Å². The molecule has 1 heteroatoms.